The van der Waals surface area contributed by atoms with Crippen LogP contribution in [0.4, 0.5) is 11.4 Å². The number of benzene rings is 1. The van der Waals surface area contributed by atoms with Crippen LogP contribution >= 0.6 is 0 Å². The van der Waals surface area contributed by atoms with Gasteiger partial charge in [0.05, 0.1) is 28.8 Å². The first-order chi connectivity index (χ1) is 12.4. The van der Waals surface area contributed by atoms with E-state index in [9.17, 15) is 9.90 Å². The van der Waals surface area contributed by atoms with E-state index in [1.165, 1.54) is 0 Å². The Morgan fingerprint density at radius 2 is 1.85 bits per heavy atom. The summed E-state index contributed by atoms with van der Waals surface area (Å²) in [6.45, 7) is 8.89. The van der Waals surface area contributed by atoms with E-state index in [-0.39, 0.29) is 11.9 Å². The van der Waals surface area contributed by atoms with E-state index in [0.717, 1.165) is 48.9 Å². The van der Waals surface area contributed by atoms with Crippen molar-refractivity contribution < 1.29 is 9.90 Å². The average molecular weight is 357 g/mol. The van der Waals surface area contributed by atoms with Crippen LogP contribution in [-0.2, 0) is 11.8 Å². The lowest BCUT2D eigenvalue weighted by atomic mass is 10.2. The van der Waals surface area contributed by atoms with Crippen molar-refractivity contribution in [2.24, 2.45) is 7.05 Å². The number of aromatic nitrogens is 2. The molecule has 1 aromatic carbocycles. The predicted octanol–water partition coefficient (Wildman–Crippen LogP) is 1.89. The van der Waals surface area contributed by atoms with Gasteiger partial charge in [-0.3, -0.25) is 14.4 Å². The molecule has 0 spiro atoms. The lowest BCUT2D eigenvalue weighted by Gasteiger charge is -2.38. The van der Waals surface area contributed by atoms with E-state index in [0.29, 0.717) is 5.75 Å². The molecular weight excluding hydrogens is 330 g/mol. The Morgan fingerprint density at radius 1 is 1.19 bits per heavy atom. The number of nitrogens with one attached hydrogen (secondary N) is 1. The average Bonchev–Trinajstić information content (AvgIpc) is 2.88. The normalized spacial score (nSPS) is 16.5. The van der Waals surface area contributed by atoms with Gasteiger partial charge in [0.2, 0.25) is 5.91 Å². The smallest absolute Gasteiger partial charge is 0.241 e. The zero-order valence-electron chi connectivity index (χ0n) is 15.9. The fourth-order valence-corrected chi connectivity index (χ4v) is 3.43. The van der Waals surface area contributed by atoms with E-state index in [1.807, 2.05) is 46.0 Å². The quantitative estimate of drug-likeness (QED) is 0.874. The molecule has 0 unspecified atom stereocenters. The molecule has 7 nitrogen and oxygen atoms in total. The van der Waals surface area contributed by atoms with Gasteiger partial charge in [-0.15, -0.1) is 0 Å². The van der Waals surface area contributed by atoms with Crippen LogP contribution in [0.5, 0.6) is 5.75 Å². The molecule has 0 radical (unpaired) electrons. The molecule has 2 aromatic rings. The lowest BCUT2D eigenvalue weighted by Crippen LogP contribution is -2.52. The number of aryl methyl sites for hydroxylation is 2. The van der Waals surface area contributed by atoms with Crippen LogP contribution in [0.15, 0.2) is 24.3 Å². The predicted molar refractivity (Wildman–Crippen MR) is 103 cm³/mol. The molecule has 2 heterocycles. The third kappa shape index (κ3) is 3.53. The van der Waals surface area contributed by atoms with Crippen LogP contribution in [-0.4, -0.2) is 57.9 Å². The zero-order chi connectivity index (χ0) is 18.8. The molecule has 2 N–H and O–H groups in total. The van der Waals surface area contributed by atoms with Crippen LogP contribution in [0.2, 0.25) is 0 Å². The molecule has 1 saturated heterocycles. The van der Waals surface area contributed by atoms with Gasteiger partial charge in [0.1, 0.15) is 5.75 Å². The summed E-state index contributed by atoms with van der Waals surface area (Å²) in [5.74, 6) is 0.287. The standard InChI is InChI=1S/C19H27N5O2/c1-13-18(14(2)22(4)21-13)20-19(26)15(3)23-9-11-24(12-10-23)16-7-5-6-8-17(16)25/h5-8,15,25H,9-12H2,1-4H3,(H,20,26)/t15-/m0/s1. The van der Waals surface area contributed by atoms with Gasteiger partial charge in [0, 0.05) is 33.2 Å². The highest BCUT2D eigenvalue weighted by Crippen LogP contribution is 2.27. The molecule has 140 valence electrons. The number of carbonyl (C=O) groups is 1. The minimum atomic E-state index is -0.222. The van der Waals surface area contributed by atoms with Gasteiger partial charge in [0.15, 0.2) is 0 Å². The number of para-hydroxylation sites is 2. The number of rotatable bonds is 4. The van der Waals surface area contributed by atoms with Crippen molar-refractivity contribution in [2.75, 3.05) is 36.4 Å². The number of anilines is 2. The van der Waals surface area contributed by atoms with Crippen molar-refractivity contribution in [3.05, 3.63) is 35.7 Å². The molecule has 3 rings (SSSR count). The SMILES string of the molecule is Cc1nn(C)c(C)c1NC(=O)[C@H](C)N1CCN(c2ccccc2O)CC1. The Hall–Kier alpha value is -2.54. The molecule has 1 aliphatic rings. The molecule has 1 amide bonds. The second-order valence-corrected chi connectivity index (χ2v) is 6.85. The van der Waals surface area contributed by atoms with Gasteiger partial charge in [0.25, 0.3) is 0 Å². The van der Waals surface area contributed by atoms with Gasteiger partial charge < -0.3 is 15.3 Å². The number of carbonyl (C=O) groups excluding carboxylic acids is 1. The van der Waals surface area contributed by atoms with Crippen molar-refractivity contribution in [1.82, 2.24) is 14.7 Å². The van der Waals surface area contributed by atoms with Gasteiger partial charge in [-0.05, 0) is 32.9 Å². The molecular formula is C19H27N5O2. The lowest BCUT2D eigenvalue weighted by molar-refractivity contribution is -0.120. The largest absolute Gasteiger partial charge is 0.506 e. The van der Waals surface area contributed by atoms with Gasteiger partial charge in [-0.2, -0.15) is 5.10 Å². The first kappa shape index (κ1) is 18.3. The van der Waals surface area contributed by atoms with E-state index < -0.39 is 0 Å². The molecule has 1 fully saturated rings. The van der Waals surface area contributed by atoms with Crippen molar-refractivity contribution in [1.29, 1.82) is 0 Å². The van der Waals surface area contributed by atoms with Crippen LogP contribution < -0.4 is 10.2 Å². The summed E-state index contributed by atoms with van der Waals surface area (Å²) in [6, 6.07) is 7.16. The maximum atomic E-state index is 12.7. The molecule has 26 heavy (non-hydrogen) atoms. The first-order valence-electron chi connectivity index (χ1n) is 8.96. The van der Waals surface area contributed by atoms with Gasteiger partial charge in [-0.1, -0.05) is 12.1 Å². The molecule has 1 aliphatic heterocycles. The number of piperazine rings is 1. The van der Waals surface area contributed by atoms with Gasteiger partial charge in [-0.25, -0.2) is 0 Å². The minimum Gasteiger partial charge on any atom is -0.506 e. The summed E-state index contributed by atoms with van der Waals surface area (Å²) >= 11 is 0. The molecule has 1 aromatic heterocycles. The van der Waals surface area contributed by atoms with E-state index in [2.05, 4.69) is 20.2 Å². The maximum absolute atomic E-state index is 12.7. The number of hydrogen-bond acceptors (Lipinski definition) is 5. The molecule has 0 aliphatic carbocycles. The molecule has 0 saturated carbocycles. The maximum Gasteiger partial charge on any atom is 0.241 e. The molecule has 0 bridgehead atoms. The number of hydrogen-bond donors (Lipinski definition) is 2. The Morgan fingerprint density at radius 3 is 2.42 bits per heavy atom. The highest BCUT2D eigenvalue weighted by Gasteiger charge is 2.27. The summed E-state index contributed by atoms with van der Waals surface area (Å²) in [4.78, 5) is 17.0. The second kappa shape index (κ2) is 7.37. The van der Waals surface area contributed by atoms with Crippen molar-refractivity contribution in [2.45, 2.75) is 26.8 Å². The second-order valence-electron chi connectivity index (χ2n) is 6.85. The highest BCUT2D eigenvalue weighted by atomic mass is 16.3. The Labute approximate surface area is 154 Å². The van der Waals surface area contributed by atoms with Crippen molar-refractivity contribution in [3.63, 3.8) is 0 Å². The van der Waals surface area contributed by atoms with Crippen LogP contribution in [0.25, 0.3) is 0 Å². The number of amides is 1. The van der Waals surface area contributed by atoms with Crippen LogP contribution in [0, 0.1) is 13.8 Å². The van der Waals surface area contributed by atoms with E-state index in [1.54, 1.807) is 10.7 Å². The summed E-state index contributed by atoms with van der Waals surface area (Å²) in [5.41, 5.74) is 3.44. The number of phenolic OH excluding ortho intramolecular Hbond substituents is 1. The third-order valence-corrected chi connectivity index (χ3v) is 5.22. The van der Waals surface area contributed by atoms with E-state index >= 15 is 0 Å². The molecule has 1 atom stereocenters. The third-order valence-electron chi connectivity index (χ3n) is 5.22. The zero-order valence-corrected chi connectivity index (χ0v) is 15.9. The minimum absolute atomic E-state index is 0.0137. The Balaban J connectivity index is 1.60. The summed E-state index contributed by atoms with van der Waals surface area (Å²) in [5, 5.41) is 17.4. The Kier molecular flexibility index (Phi) is 5.18. The number of nitrogens with zero attached hydrogens (tertiary/aromatic N) is 4. The van der Waals surface area contributed by atoms with Crippen molar-refractivity contribution >= 4 is 17.3 Å². The van der Waals surface area contributed by atoms with Crippen molar-refractivity contribution in [3.8, 4) is 5.75 Å². The fourth-order valence-electron chi connectivity index (χ4n) is 3.43. The van der Waals surface area contributed by atoms with Crippen LogP contribution in [0.1, 0.15) is 18.3 Å². The highest BCUT2D eigenvalue weighted by molar-refractivity contribution is 5.95. The topological polar surface area (TPSA) is 73.6 Å². The van der Waals surface area contributed by atoms with Crippen LogP contribution in [0.3, 0.4) is 0 Å². The summed E-state index contributed by atoms with van der Waals surface area (Å²) in [7, 11) is 1.87. The Bertz CT molecular complexity index is 793. The number of aromatic hydroxyl groups is 1. The fraction of sp³-hybridized carbons (Fsp3) is 0.474. The number of phenols is 1. The summed E-state index contributed by atoms with van der Waals surface area (Å²) < 4.78 is 1.78. The molecule has 7 heteroatoms. The monoisotopic (exact) mass is 357 g/mol. The van der Waals surface area contributed by atoms with Gasteiger partial charge >= 0.3 is 0 Å². The van der Waals surface area contributed by atoms with E-state index in [4.69, 9.17) is 0 Å². The first-order valence-corrected chi connectivity index (χ1v) is 8.96. The summed E-state index contributed by atoms with van der Waals surface area (Å²) in [6.07, 6.45) is 0.